The number of aliphatic hydroxyl groups excluding tert-OH is 1. The number of rotatable bonds is 2. The highest BCUT2D eigenvalue weighted by Crippen LogP contribution is 2.26. The topological polar surface area (TPSA) is 69.8 Å². The number of amides is 1. The van der Waals surface area contributed by atoms with E-state index in [-0.39, 0.29) is 30.5 Å². The number of benzene rings is 1. The number of hydrogen-bond donors (Lipinski definition) is 2. The van der Waals surface area contributed by atoms with Gasteiger partial charge in [0.05, 0.1) is 12.1 Å². The molecule has 0 bridgehead atoms. The number of carbonyl (C=O) groups is 1. The van der Waals surface area contributed by atoms with Crippen molar-refractivity contribution in [2.45, 2.75) is 31.4 Å². The van der Waals surface area contributed by atoms with E-state index in [4.69, 9.17) is 5.73 Å². The quantitative estimate of drug-likeness (QED) is 0.859. The fourth-order valence-electron chi connectivity index (χ4n) is 2.98. The van der Waals surface area contributed by atoms with Gasteiger partial charge in [0.15, 0.2) is 0 Å². The number of piperidine rings is 1. The number of aliphatic hydroxyl groups is 1. The predicted molar refractivity (Wildman–Crippen MR) is 86.1 cm³/mol. The molecule has 116 valence electrons. The zero-order valence-corrected chi connectivity index (χ0v) is 12.8. The summed E-state index contributed by atoms with van der Waals surface area (Å²) >= 11 is 0. The van der Waals surface area contributed by atoms with Crippen molar-refractivity contribution in [2.75, 3.05) is 29.4 Å². The third-order valence-electron chi connectivity index (χ3n) is 4.17. The third-order valence-corrected chi connectivity index (χ3v) is 4.17. The summed E-state index contributed by atoms with van der Waals surface area (Å²) in [6, 6.07) is 7.60. The number of nitrogens with zero attached hydrogens (tertiary/aromatic N) is 2. The summed E-state index contributed by atoms with van der Waals surface area (Å²) in [6.45, 7) is 2.31. The maximum absolute atomic E-state index is 12.1. The van der Waals surface area contributed by atoms with Crippen molar-refractivity contribution in [1.29, 1.82) is 0 Å². The minimum Gasteiger partial charge on any atom is -0.391 e. The first-order valence-corrected chi connectivity index (χ1v) is 7.25. The van der Waals surface area contributed by atoms with Crippen LogP contribution in [0.5, 0.6) is 0 Å². The highest BCUT2D eigenvalue weighted by atomic mass is 35.5. The molecule has 0 saturated carbocycles. The van der Waals surface area contributed by atoms with Gasteiger partial charge in [0.25, 0.3) is 0 Å². The Balaban J connectivity index is 0.00000161. The Morgan fingerprint density at radius 3 is 2.38 bits per heavy atom. The molecule has 5 nitrogen and oxygen atoms in total. The molecule has 1 aromatic carbocycles. The zero-order valence-electron chi connectivity index (χ0n) is 11.9. The standard InChI is InChI=1S/C15H21N3O2.ClH/c16-14-2-1-8-18(15(14)20)12-5-3-11(4-6-12)17-9-7-13(19)10-17;/h3-6,13-14,19H,1-2,7-10,16H2;1H. The van der Waals surface area contributed by atoms with Gasteiger partial charge in [0.2, 0.25) is 5.91 Å². The first-order chi connectivity index (χ1) is 9.65. The summed E-state index contributed by atoms with van der Waals surface area (Å²) in [4.78, 5) is 16.0. The molecule has 21 heavy (non-hydrogen) atoms. The van der Waals surface area contributed by atoms with Crippen molar-refractivity contribution >= 4 is 29.7 Å². The Hall–Kier alpha value is -1.30. The molecule has 0 radical (unpaired) electrons. The van der Waals surface area contributed by atoms with Gasteiger partial charge in [-0.25, -0.2) is 0 Å². The van der Waals surface area contributed by atoms with Crippen molar-refractivity contribution in [3.05, 3.63) is 24.3 Å². The van der Waals surface area contributed by atoms with Crippen molar-refractivity contribution in [3.8, 4) is 0 Å². The van der Waals surface area contributed by atoms with Crippen LogP contribution < -0.4 is 15.5 Å². The molecular formula is C15H22ClN3O2. The van der Waals surface area contributed by atoms with Crippen LogP contribution in [0.25, 0.3) is 0 Å². The van der Waals surface area contributed by atoms with Crippen molar-refractivity contribution < 1.29 is 9.90 Å². The van der Waals surface area contributed by atoms with Crippen LogP contribution in [0.4, 0.5) is 11.4 Å². The highest BCUT2D eigenvalue weighted by molar-refractivity contribution is 5.97. The first kappa shape index (κ1) is 16.1. The van der Waals surface area contributed by atoms with Crippen LogP contribution in [0, 0.1) is 0 Å². The van der Waals surface area contributed by atoms with Crippen LogP contribution in [0.1, 0.15) is 19.3 Å². The van der Waals surface area contributed by atoms with E-state index in [2.05, 4.69) is 4.90 Å². The van der Waals surface area contributed by atoms with Crippen molar-refractivity contribution in [2.24, 2.45) is 5.73 Å². The predicted octanol–water partition coefficient (Wildman–Crippen LogP) is 1.13. The Labute approximate surface area is 131 Å². The van der Waals surface area contributed by atoms with Crippen LogP contribution in [-0.2, 0) is 4.79 Å². The summed E-state index contributed by atoms with van der Waals surface area (Å²) in [5, 5.41) is 9.57. The Kier molecular flexibility index (Phi) is 5.08. The van der Waals surface area contributed by atoms with Gasteiger partial charge < -0.3 is 20.6 Å². The maximum Gasteiger partial charge on any atom is 0.243 e. The molecule has 2 aliphatic rings. The third kappa shape index (κ3) is 3.31. The minimum atomic E-state index is -0.364. The van der Waals surface area contributed by atoms with E-state index in [1.54, 1.807) is 4.90 Å². The SMILES string of the molecule is Cl.NC1CCCN(c2ccc(N3CCC(O)C3)cc2)C1=O. The molecule has 0 spiro atoms. The molecule has 2 saturated heterocycles. The summed E-state index contributed by atoms with van der Waals surface area (Å²) < 4.78 is 0. The number of carbonyl (C=O) groups excluding carboxylic acids is 1. The van der Waals surface area contributed by atoms with E-state index in [1.807, 2.05) is 24.3 Å². The normalized spacial score (nSPS) is 25.9. The lowest BCUT2D eigenvalue weighted by Gasteiger charge is -2.30. The second-order valence-corrected chi connectivity index (χ2v) is 5.64. The largest absolute Gasteiger partial charge is 0.391 e. The number of halogens is 1. The number of anilines is 2. The van der Waals surface area contributed by atoms with E-state index >= 15 is 0 Å². The molecule has 2 heterocycles. The monoisotopic (exact) mass is 311 g/mol. The lowest BCUT2D eigenvalue weighted by molar-refractivity contribution is -0.120. The van der Waals surface area contributed by atoms with Gasteiger partial charge in [-0.15, -0.1) is 12.4 Å². The fourth-order valence-corrected chi connectivity index (χ4v) is 2.98. The number of β-amino-alcohol motifs (C(OH)–C–C–N with tert-alkyl or cyclic N) is 1. The average Bonchev–Trinajstić information content (AvgIpc) is 2.89. The summed E-state index contributed by atoms with van der Waals surface area (Å²) in [5.41, 5.74) is 7.83. The minimum absolute atomic E-state index is 0. The second-order valence-electron chi connectivity index (χ2n) is 5.64. The smallest absolute Gasteiger partial charge is 0.243 e. The molecular weight excluding hydrogens is 290 g/mol. The number of nitrogens with two attached hydrogens (primary N) is 1. The Morgan fingerprint density at radius 1 is 1.10 bits per heavy atom. The lowest BCUT2D eigenvalue weighted by atomic mass is 10.0. The number of hydrogen-bond acceptors (Lipinski definition) is 4. The van der Waals surface area contributed by atoms with E-state index in [9.17, 15) is 9.90 Å². The molecule has 2 aliphatic heterocycles. The van der Waals surface area contributed by atoms with Crippen LogP contribution >= 0.6 is 12.4 Å². The highest BCUT2D eigenvalue weighted by Gasteiger charge is 2.27. The van der Waals surface area contributed by atoms with E-state index in [0.29, 0.717) is 6.54 Å². The van der Waals surface area contributed by atoms with Crippen LogP contribution in [-0.4, -0.2) is 42.8 Å². The summed E-state index contributed by atoms with van der Waals surface area (Å²) in [5.74, 6) is 0.0144. The average molecular weight is 312 g/mol. The van der Waals surface area contributed by atoms with Crippen LogP contribution in [0.15, 0.2) is 24.3 Å². The van der Waals surface area contributed by atoms with Crippen molar-refractivity contribution in [3.63, 3.8) is 0 Å². The molecule has 0 aromatic heterocycles. The van der Waals surface area contributed by atoms with Gasteiger partial charge in [0, 0.05) is 31.0 Å². The molecule has 2 atom stereocenters. The summed E-state index contributed by atoms with van der Waals surface area (Å²) in [6.07, 6.45) is 2.32. The van der Waals surface area contributed by atoms with Gasteiger partial charge in [-0.2, -0.15) is 0 Å². The molecule has 3 N–H and O–H groups in total. The van der Waals surface area contributed by atoms with Gasteiger partial charge in [-0.05, 0) is 43.5 Å². The Morgan fingerprint density at radius 2 is 1.76 bits per heavy atom. The van der Waals surface area contributed by atoms with Gasteiger partial charge in [-0.1, -0.05) is 0 Å². The van der Waals surface area contributed by atoms with Crippen LogP contribution in [0.3, 0.4) is 0 Å². The van der Waals surface area contributed by atoms with Crippen LogP contribution in [0.2, 0.25) is 0 Å². The van der Waals surface area contributed by atoms with Gasteiger partial charge >= 0.3 is 0 Å². The van der Waals surface area contributed by atoms with Gasteiger partial charge in [0.1, 0.15) is 0 Å². The summed E-state index contributed by atoms with van der Waals surface area (Å²) in [7, 11) is 0. The van der Waals surface area contributed by atoms with Gasteiger partial charge in [-0.3, -0.25) is 4.79 Å². The molecule has 0 aliphatic carbocycles. The van der Waals surface area contributed by atoms with Crippen molar-refractivity contribution in [1.82, 2.24) is 0 Å². The second kappa shape index (κ2) is 6.64. The lowest BCUT2D eigenvalue weighted by Crippen LogP contribution is -2.48. The van der Waals surface area contributed by atoms with E-state index < -0.39 is 0 Å². The zero-order chi connectivity index (χ0) is 14.1. The molecule has 2 fully saturated rings. The molecule has 1 aromatic rings. The fraction of sp³-hybridized carbons (Fsp3) is 0.533. The Bertz CT molecular complexity index is 494. The molecule has 6 heteroatoms. The molecule has 3 rings (SSSR count). The molecule has 2 unspecified atom stereocenters. The first-order valence-electron chi connectivity index (χ1n) is 7.25. The molecule has 1 amide bonds. The van der Waals surface area contributed by atoms with E-state index in [0.717, 1.165) is 43.7 Å². The maximum atomic E-state index is 12.1. The van der Waals surface area contributed by atoms with E-state index in [1.165, 1.54) is 0 Å².